The minimum atomic E-state index is 0.0689. The summed E-state index contributed by atoms with van der Waals surface area (Å²) < 4.78 is 0. The molecule has 18 heavy (non-hydrogen) atoms. The minimum Gasteiger partial charge on any atom is -0.342 e. The van der Waals surface area contributed by atoms with Crippen molar-refractivity contribution in [2.75, 3.05) is 13.1 Å². The molecule has 1 unspecified atom stereocenters. The Bertz CT molecular complexity index is 410. The van der Waals surface area contributed by atoms with Gasteiger partial charge in [-0.25, -0.2) is 0 Å². The number of amides is 1. The van der Waals surface area contributed by atoms with Gasteiger partial charge in [-0.1, -0.05) is 51.1 Å². The highest BCUT2D eigenvalue weighted by atomic mass is 16.2. The fourth-order valence-electron chi connectivity index (χ4n) is 2.84. The van der Waals surface area contributed by atoms with E-state index in [1.807, 2.05) is 11.0 Å². The second kappa shape index (κ2) is 5.13. The van der Waals surface area contributed by atoms with Crippen LogP contribution in [0.5, 0.6) is 0 Å². The van der Waals surface area contributed by atoms with Crippen molar-refractivity contribution in [3.8, 4) is 0 Å². The summed E-state index contributed by atoms with van der Waals surface area (Å²) in [7, 11) is 0. The van der Waals surface area contributed by atoms with Crippen LogP contribution in [-0.4, -0.2) is 23.9 Å². The Morgan fingerprint density at radius 2 is 1.94 bits per heavy atom. The van der Waals surface area contributed by atoms with E-state index in [0.717, 1.165) is 19.5 Å². The Hall–Kier alpha value is -1.31. The lowest BCUT2D eigenvalue weighted by atomic mass is 9.73. The molecular weight excluding hydrogens is 222 g/mol. The SMILES string of the molecule is CCCN1CC(C(C)(C)c2ccccc2)CC1=O. The molecule has 0 bridgehead atoms. The van der Waals surface area contributed by atoms with Gasteiger partial charge >= 0.3 is 0 Å². The van der Waals surface area contributed by atoms with Gasteiger partial charge in [-0.3, -0.25) is 4.79 Å². The number of likely N-dealkylation sites (tertiary alicyclic amines) is 1. The van der Waals surface area contributed by atoms with Crippen LogP contribution in [0.25, 0.3) is 0 Å². The first kappa shape index (κ1) is 13.1. The quantitative estimate of drug-likeness (QED) is 0.797. The molecule has 0 aliphatic carbocycles. The molecule has 2 rings (SSSR count). The van der Waals surface area contributed by atoms with Crippen LogP contribution in [0.4, 0.5) is 0 Å². The predicted octanol–water partition coefficient (Wildman–Crippen LogP) is 3.22. The van der Waals surface area contributed by atoms with Gasteiger partial charge in [-0.05, 0) is 23.3 Å². The summed E-state index contributed by atoms with van der Waals surface area (Å²) in [4.78, 5) is 14.0. The van der Waals surface area contributed by atoms with E-state index >= 15 is 0 Å². The van der Waals surface area contributed by atoms with Crippen LogP contribution in [0.2, 0.25) is 0 Å². The molecular formula is C16H23NO. The average Bonchev–Trinajstić information content (AvgIpc) is 2.73. The van der Waals surface area contributed by atoms with Crippen LogP contribution in [0.15, 0.2) is 30.3 Å². The van der Waals surface area contributed by atoms with E-state index < -0.39 is 0 Å². The third-order valence-corrected chi connectivity index (χ3v) is 4.25. The number of hydrogen-bond acceptors (Lipinski definition) is 1. The zero-order chi connectivity index (χ0) is 13.2. The topological polar surface area (TPSA) is 20.3 Å². The maximum atomic E-state index is 12.0. The molecule has 1 aromatic rings. The second-order valence-corrected chi connectivity index (χ2v) is 5.83. The van der Waals surface area contributed by atoms with Crippen molar-refractivity contribution in [2.45, 2.75) is 39.0 Å². The lowest BCUT2D eigenvalue weighted by molar-refractivity contribution is -0.127. The number of carbonyl (C=O) groups excluding carboxylic acids is 1. The van der Waals surface area contributed by atoms with Crippen LogP contribution in [0.3, 0.4) is 0 Å². The first-order valence-electron chi connectivity index (χ1n) is 6.89. The monoisotopic (exact) mass is 245 g/mol. The van der Waals surface area contributed by atoms with Crippen LogP contribution in [-0.2, 0) is 10.2 Å². The van der Waals surface area contributed by atoms with Gasteiger partial charge < -0.3 is 4.90 Å². The fraction of sp³-hybridized carbons (Fsp3) is 0.562. The molecule has 0 N–H and O–H groups in total. The molecule has 1 amide bonds. The van der Waals surface area contributed by atoms with Crippen molar-refractivity contribution >= 4 is 5.91 Å². The minimum absolute atomic E-state index is 0.0689. The Morgan fingerprint density at radius 1 is 1.28 bits per heavy atom. The lowest BCUT2D eigenvalue weighted by Crippen LogP contribution is -2.32. The highest BCUT2D eigenvalue weighted by Gasteiger charge is 2.39. The molecule has 1 aliphatic heterocycles. The zero-order valence-electron chi connectivity index (χ0n) is 11.6. The summed E-state index contributed by atoms with van der Waals surface area (Å²) >= 11 is 0. The molecule has 1 heterocycles. The summed E-state index contributed by atoms with van der Waals surface area (Å²) in [6, 6.07) is 10.6. The summed E-state index contributed by atoms with van der Waals surface area (Å²) in [5.41, 5.74) is 1.40. The Labute approximate surface area is 110 Å². The molecule has 1 atom stereocenters. The third-order valence-electron chi connectivity index (χ3n) is 4.25. The van der Waals surface area contributed by atoms with Crippen LogP contribution in [0.1, 0.15) is 39.2 Å². The van der Waals surface area contributed by atoms with Gasteiger partial charge in [0.15, 0.2) is 0 Å². The fourth-order valence-corrected chi connectivity index (χ4v) is 2.84. The van der Waals surface area contributed by atoms with Crippen molar-refractivity contribution in [1.29, 1.82) is 0 Å². The van der Waals surface area contributed by atoms with Gasteiger partial charge in [-0.2, -0.15) is 0 Å². The molecule has 1 fully saturated rings. The van der Waals surface area contributed by atoms with E-state index in [-0.39, 0.29) is 5.41 Å². The van der Waals surface area contributed by atoms with E-state index in [1.165, 1.54) is 5.56 Å². The molecule has 0 saturated carbocycles. The van der Waals surface area contributed by atoms with Crippen molar-refractivity contribution in [3.63, 3.8) is 0 Å². The molecule has 0 aromatic heterocycles. The number of carbonyl (C=O) groups is 1. The number of rotatable bonds is 4. The smallest absolute Gasteiger partial charge is 0.222 e. The van der Waals surface area contributed by atoms with E-state index in [1.54, 1.807) is 0 Å². The molecule has 1 aromatic carbocycles. The van der Waals surface area contributed by atoms with Gasteiger partial charge in [0.05, 0.1) is 0 Å². The largest absolute Gasteiger partial charge is 0.342 e. The third kappa shape index (κ3) is 2.43. The molecule has 1 aliphatic rings. The first-order valence-corrected chi connectivity index (χ1v) is 6.89. The number of nitrogens with zero attached hydrogens (tertiary/aromatic N) is 1. The van der Waals surface area contributed by atoms with Crippen molar-refractivity contribution in [2.24, 2.45) is 5.92 Å². The molecule has 98 valence electrons. The summed E-state index contributed by atoms with van der Waals surface area (Å²) in [5, 5.41) is 0. The zero-order valence-corrected chi connectivity index (χ0v) is 11.6. The Morgan fingerprint density at radius 3 is 2.56 bits per heavy atom. The van der Waals surface area contributed by atoms with Crippen LogP contribution < -0.4 is 0 Å². The number of hydrogen-bond donors (Lipinski definition) is 0. The van der Waals surface area contributed by atoms with Crippen LogP contribution >= 0.6 is 0 Å². The van der Waals surface area contributed by atoms with Gasteiger partial charge in [0.2, 0.25) is 5.91 Å². The molecule has 0 radical (unpaired) electrons. The van der Waals surface area contributed by atoms with E-state index in [9.17, 15) is 4.79 Å². The normalized spacial score (nSPS) is 20.5. The van der Waals surface area contributed by atoms with E-state index in [4.69, 9.17) is 0 Å². The van der Waals surface area contributed by atoms with Crippen LogP contribution in [0, 0.1) is 5.92 Å². The Balaban J connectivity index is 2.15. The van der Waals surface area contributed by atoms with Crippen molar-refractivity contribution < 1.29 is 4.79 Å². The lowest BCUT2D eigenvalue weighted by Gasteiger charge is -2.32. The predicted molar refractivity (Wildman–Crippen MR) is 74.4 cm³/mol. The summed E-state index contributed by atoms with van der Waals surface area (Å²) in [6.45, 7) is 8.46. The van der Waals surface area contributed by atoms with Crippen molar-refractivity contribution in [1.82, 2.24) is 4.90 Å². The maximum Gasteiger partial charge on any atom is 0.222 e. The highest BCUT2D eigenvalue weighted by molar-refractivity contribution is 5.79. The molecule has 1 saturated heterocycles. The second-order valence-electron chi connectivity index (χ2n) is 5.83. The first-order chi connectivity index (χ1) is 8.55. The Kier molecular flexibility index (Phi) is 3.74. The summed E-state index contributed by atoms with van der Waals surface area (Å²) in [6.07, 6.45) is 1.74. The van der Waals surface area contributed by atoms with E-state index in [2.05, 4.69) is 45.0 Å². The summed E-state index contributed by atoms with van der Waals surface area (Å²) in [5.74, 6) is 0.754. The van der Waals surface area contributed by atoms with E-state index in [0.29, 0.717) is 18.2 Å². The average molecular weight is 245 g/mol. The van der Waals surface area contributed by atoms with Gasteiger partial charge in [0, 0.05) is 19.5 Å². The maximum absolute atomic E-state index is 12.0. The van der Waals surface area contributed by atoms with Gasteiger partial charge in [0.1, 0.15) is 0 Å². The number of benzene rings is 1. The molecule has 0 spiro atoms. The molecule has 2 heteroatoms. The standard InChI is InChI=1S/C16H23NO/c1-4-10-17-12-14(11-15(17)18)16(2,3)13-8-6-5-7-9-13/h5-9,14H,4,10-12H2,1-3H3. The van der Waals surface area contributed by atoms with Gasteiger partial charge in [-0.15, -0.1) is 0 Å². The van der Waals surface area contributed by atoms with Crippen molar-refractivity contribution in [3.05, 3.63) is 35.9 Å². The van der Waals surface area contributed by atoms with Gasteiger partial charge in [0.25, 0.3) is 0 Å². The molecule has 2 nitrogen and oxygen atoms in total. The highest BCUT2D eigenvalue weighted by Crippen LogP contribution is 2.37.